The number of hydrogen-bond acceptors (Lipinski definition) is 3. The van der Waals surface area contributed by atoms with Crippen LogP contribution in [0.25, 0.3) is 11.2 Å². The van der Waals surface area contributed by atoms with Gasteiger partial charge in [-0.3, -0.25) is 0 Å². The minimum atomic E-state index is 0.00940. The fraction of sp³-hybridized carbons (Fsp3) is 0.333. The van der Waals surface area contributed by atoms with Gasteiger partial charge in [0, 0.05) is 18.8 Å². The maximum atomic E-state index is 9.06. The summed E-state index contributed by atoms with van der Waals surface area (Å²) in [4.78, 5) is 8.52. The molecule has 4 nitrogen and oxygen atoms in total. The molecule has 13 heavy (non-hydrogen) atoms. The zero-order chi connectivity index (χ0) is 9.42. The lowest BCUT2D eigenvalue weighted by Crippen LogP contribution is -1.92. The van der Waals surface area contributed by atoms with E-state index < -0.39 is 0 Å². The molecule has 0 unspecified atom stereocenters. The van der Waals surface area contributed by atoms with Gasteiger partial charge < -0.3 is 9.67 Å². The maximum Gasteiger partial charge on any atom is 0.160 e. The zero-order valence-corrected chi connectivity index (χ0v) is 7.65. The van der Waals surface area contributed by atoms with Crippen LogP contribution < -0.4 is 0 Å². The summed E-state index contributed by atoms with van der Waals surface area (Å²) in [6, 6.07) is 1.79. The van der Waals surface area contributed by atoms with Crippen molar-refractivity contribution < 1.29 is 5.11 Å². The van der Waals surface area contributed by atoms with Gasteiger partial charge in [-0.25, -0.2) is 9.97 Å². The molecule has 0 radical (unpaired) electrons. The lowest BCUT2D eigenvalue weighted by Gasteiger charge is -1.97. The van der Waals surface area contributed by atoms with E-state index in [1.54, 1.807) is 12.3 Å². The minimum absolute atomic E-state index is 0.00940. The molecular weight excluding hydrogens is 166 g/mol. The van der Waals surface area contributed by atoms with Gasteiger partial charge in [0.05, 0.1) is 6.61 Å². The molecule has 0 saturated heterocycles. The van der Waals surface area contributed by atoms with E-state index in [2.05, 4.69) is 9.97 Å². The van der Waals surface area contributed by atoms with Gasteiger partial charge in [-0.2, -0.15) is 0 Å². The Labute approximate surface area is 75.9 Å². The number of pyridine rings is 1. The summed E-state index contributed by atoms with van der Waals surface area (Å²) in [5, 5.41) is 9.06. The molecule has 2 rings (SSSR count). The summed E-state index contributed by atoms with van der Waals surface area (Å²) in [5.41, 5.74) is 2.45. The Hall–Kier alpha value is -1.42. The highest BCUT2D eigenvalue weighted by molar-refractivity contribution is 5.75. The summed E-state index contributed by atoms with van der Waals surface area (Å²) < 4.78 is 1.91. The smallest absolute Gasteiger partial charge is 0.160 e. The first-order chi connectivity index (χ1) is 6.24. The van der Waals surface area contributed by atoms with Crippen LogP contribution in [0.3, 0.4) is 0 Å². The van der Waals surface area contributed by atoms with Crippen molar-refractivity contribution in [3.05, 3.63) is 23.7 Å². The third-order valence-corrected chi connectivity index (χ3v) is 2.24. The standard InChI is InChI=1S/C9H11N3O/c1-6-11-8-7(5-13)3-4-10-9(8)12(6)2/h3-4,13H,5H2,1-2H3. The Bertz CT molecular complexity index is 447. The van der Waals surface area contributed by atoms with E-state index in [1.165, 1.54) is 0 Å². The van der Waals surface area contributed by atoms with Gasteiger partial charge in [-0.05, 0) is 13.0 Å². The number of aryl methyl sites for hydroxylation is 2. The van der Waals surface area contributed by atoms with Crippen LogP contribution in [0.1, 0.15) is 11.4 Å². The van der Waals surface area contributed by atoms with E-state index in [0.717, 1.165) is 22.6 Å². The Balaban J connectivity index is 2.84. The van der Waals surface area contributed by atoms with E-state index in [-0.39, 0.29) is 6.61 Å². The molecule has 0 aliphatic rings. The summed E-state index contributed by atoms with van der Waals surface area (Å²) in [7, 11) is 1.92. The van der Waals surface area contributed by atoms with Crippen molar-refractivity contribution in [2.75, 3.05) is 0 Å². The molecule has 0 aromatic carbocycles. The van der Waals surface area contributed by atoms with Gasteiger partial charge in [0.15, 0.2) is 5.65 Å². The van der Waals surface area contributed by atoms with Crippen LogP contribution >= 0.6 is 0 Å². The molecule has 0 bridgehead atoms. The molecule has 0 atom stereocenters. The van der Waals surface area contributed by atoms with Gasteiger partial charge in [0.2, 0.25) is 0 Å². The van der Waals surface area contributed by atoms with Crippen molar-refractivity contribution in [3.63, 3.8) is 0 Å². The molecular formula is C9H11N3O. The van der Waals surface area contributed by atoms with Crippen molar-refractivity contribution in [2.45, 2.75) is 13.5 Å². The highest BCUT2D eigenvalue weighted by Gasteiger charge is 2.08. The fourth-order valence-electron chi connectivity index (χ4n) is 1.37. The monoisotopic (exact) mass is 177 g/mol. The highest BCUT2D eigenvalue weighted by atomic mass is 16.3. The predicted octanol–water partition coefficient (Wildman–Crippen LogP) is 0.769. The van der Waals surface area contributed by atoms with Crippen LogP contribution in [0.15, 0.2) is 12.3 Å². The van der Waals surface area contributed by atoms with Gasteiger partial charge in [-0.15, -0.1) is 0 Å². The maximum absolute atomic E-state index is 9.06. The first-order valence-corrected chi connectivity index (χ1v) is 4.12. The highest BCUT2D eigenvalue weighted by Crippen LogP contribution is 2.15. The number of nitrogens with zero attached hydrogens (tertiary/aromatic N) is 3. The van der Waals surface area contributed by atoms with Crippen molar-refractivity contribution in [1.82, 2.24) is 14.5 Å². The van der Waals surface area contributed by atoms with Crippen molar-refractivity contribution in [2.24, 2.45) is 7.05 Å². The van der Waals surface area contributed by atoms with Crippen LogP contribution in [0, 0.1) is 6.92 Å². The zero-order valence-electron chi connectivity index (χ0n) is 7.65. The second-order valence-corrected chi connectivity index (χ2v) is 3.02. The molecule has 1 N–H and O–H groups in total. The average molecular weight is 177 g/mol. The fourth-order valence-corrected chi connectivity index (χ4v) is 1.37. The summed E-state index contributed by atoms with van der Waals surface area (Å²) >= 11 is 0. The largest absolute Gasteiger partial charge is 0.392 e. The van der Waals surface area contributed by atoms with Gasteiger partial charge >= 0.3 is 0 Å². The molecule has 0 aliphatic heterocycles. The van der Waals surface area contributed by atoms with Gasteiger partial charge in [0.1, 0.15) is 11.3 Å². The number of aliphatic hydroxyl groups is 1. The van der Waals surface area contributed by atoms with Crippen molar-refractivity contribution >= 4 is 11.2 Å². The molecule has 0 fully saturated rings. The lowest BCUT2D eigenvalue weighted by molar-refractivity contribution is 0.283. The quantitative estimate of drug-likeness (QED) is 0.700. The van der Waals surface area contributed by atoms with E-state index >= 15 is 0 Å². The average Bonchev–Trinajstić information content (AvgIpc) is 2.43. The molecule has 0 aliphatic carbocycles. The van der Waals surface area contributed by atoms with E-state index in [1.807, 2.05) is 18.5 Å². The number of aliphatic hydroxyl groups excluding tert-OH is 1. The third-order valence-electron chi connectivity index (χ3n) is 2.24. The van der Waals surface area contributed by atoms with Crippen LogP contribution in [0.4, 0.5) is 0 Å². The third kappa shape index (κ3) is 1.10. The Morgan fingerprint density at radius 3 is 3.00 bits per heavy atom. The van der Waals surface area contributed by atoms with Crippen LogP contribution in [0.2, 0.25) is 0 Å². The molecule has 0 amide bonds. The van der Waals surface area contributed by atoms with Crippen LogP contribution in [-0.4, -0.2) is 19.6 Å². The summed E-state index contributed by atoms with van der Waals surface area (Å²) in [6.45, 7) is 1.93. The Kier molecular flexibility index (Phi) is 1.77. The van der Waals surface area contributed by atoms with E-state index in [9.17, 15) is 0 Å². The predicted molar refractivity (Wildman–Crippen MR) is 49.2 cm³/mol. The van der Waals surface area contributed by atoms with Gasteiger partial charge in [-0.1, -0.05) is 0 Å². The minimum Gasteiger partial charge on any atom is -0.392 e. The summed E-state index contributed by atoms with van der Waals surface area (Å²) in [6.07, 6.45) is 1.69. The lowest BCUT2D eigenvalue weighted by atomic mass is 10.2. The van der Waals surface area contributed by atoms with Crippen molar-refractivity contribution in [3.8, 4) is 0 Å². The molecule has 2 aromatic heterocycles. The Morgan fingerprint density at radius 2 is 2.31 bits per heavy atom. The SMILES string of the molecule is Cc1nc2c(CO)ccnc2n1C. The normalized spacial score (nSPS) is 11.0. The second kappa shape index (κ2) is 2.81. The molecule has 68 valence electrons. The topological polar surface area (TPSA) is 50.9 Å². The van der Waals surface area contributed by atoms with Crippen molar-refractivity contribution in [1.29, 1.82) is 0 Å². The number of fused-ring (bicyclic) bond motifs is 1. The Morgan fingerprint density at radius 1 is 1.54 bits per heavy atom. The number of aromatic nitrogens is 3. The molecule has 2 aromatic rings. The van der Waals surface area contributed by atoms with Crippen LogP contribution in [0.5, 0.6) is 0 Å². The number of imidazole rings is 1. The van der Waals surface area contributed by atoms with E-state index in [4.69, 9.17) is 5.11 Å². The molecule has 2 heterocycles. The first-order valence-electron chi connectivity index (χ1n) is 4.12. The molecule has 0 saturated carbocycles. The molecule has 4 heteroatoms. The van der Waals surface area contributed by atoms with Crippen LogP contribution in [-0.2, 0) is 13.7 Å². The number of rotatable bonds is 1. The molecule has 0 spiro atoms. The number of hydrogen-bond donors (Lipinski definition) is 1. The summed E-state index contributed by atoms with van der Waals surface area (Å²) in [5.74, 6) is 0.906. The first kappa shape index (κ1) is 8.19. The van der Waals surface area contributed by atoms with Gasteiger partial charge in [0.25, 0.3) is 0 Å². The van der Waals surface area contributed by atoms with E-state index in [0.29, 0.717) is 0 Å². The second-order valence-electron chi connectivity index (χ2n) is 3.02.